The highest BCUT2D eigenvalue weighted by Crippen LogP contribution is 2.33. The second-order valence-electron chi connectivity index (χ2n) is 5.37. The molecule has 1 heterocycles. The predicted octanol–water partition coefficient (Wildman–Crippen LogP) is 1.36. The first kappa shape index (κ1) is 15.9. The smallest absolute Gasteiger partial charge is 0.0589 e. The first-order chi connectivity index (χ1) is 8.76. The molecule has 1 aliphatic heterocycles. The van der Waals surface area contributed by atoms with Crippen LogP contribution in [0.3, 0.4) is 0 Å². The van der Waals surface area contributed by atoms with E-state index >= 15 is 0 Å². The van der Waals surface area contributed by atoms with E-state index in [1.54, 1.807) is 14.2 Å². The van der Waals surface area contributed by atoms with E-state index in [1.807, 2.05) is 0 Å². The van der Waals surface area contributed by atoms with Crippen molar-refractivity contribution in [3.05, 3.63) is 0 Å². The van der Waals surface area contributed by atoms with E-state index in [9.17, 15) is 0 Å². The molecule has 0 aliphatic carbocycles. The lowest BCUT2D eigenvalue weighted by Crippen LogP contribution is -2.46. The summed E-state index contributed by atoms with van der Waals surface area (Å²) < 4.78 is 10.4. The normalized spacial score (nSPS) is 19.3. The minimum Gasteiger partial charge on any atom is -0.383 e. The summed E-state index contributed by atoms with van der Waals surface area (Å²) in [6, 6.07) is 0. The van der Waals surface area contributed by atoms with Crippen molar-refractivity contribution in [3.8, 4) is 0 Å². The molecule has 108 valence electrons. The summed E-state index contributed by atoms with van der Waals surface area (Å²) in [5.41, 5.74) is 0.493. The van der Waals surface area contributed by atoms with Crippen LogP contribution in [0.4, 0.5) is 0 Å². The van der Waals surface area contributed by atoms with Gasteiger partial charge in [0.15, 0.2) is 0 Å². The molecule has 0 saturated carbocycles. The van der Waals surface area contributed by atoms with E-state index in [0.29, 0.717) is 5.41 Å². The topological polar surface area (TPSA) is 33.7 Å². The number of ether oxygens (including phenoxy) is 2. The van der Waals surface area contributed by atoms with E-state index in [4.69, 9.17) is 9.47 Å². The van der Waals surface area contributed by atoms with Crippen LogP contribution in [0.5, 0.6) is 0 Å². The maximum atomic E-state index is 5.21. The first-order valence-electron chi connectivity index (χ1n) is 7.17. The van der Waals surface area contributed by atoms with Crippen molar-refractivity contribution < 1.29 is 9.47 Å². The molecule has 0 atom stereocenters. The van der Waals surface area contributed by atoms with Crippen LogP contribution in [0.15, 0.2) is 0 Å². The zero-order valence-electron chi connectivity index (χ0n) is 12.3. The Kier molecular flexibility index (Phi) is 7.82. The molecule has 0 spiro atoms. The van der Waals surface area contributed by atoms with E-state index in [1.165, 1.54) is 25.8 Å². The Balaban J connectivity index is 2.49. The summed E-state index contributed by atoms with van der Waals surface area (Å²) in [5, 5.41) is 3.47. The van der Waals surface area contributed by atoms with Gasteiger partial charge in [-0.2, -0.15) is 0 Å². The number of hydrogen-bond acceptors (Lipinski definition) is 4. The molecule has 0 amide bonds. The molecule has 4 heteroatoms. The van der Waals surface area contributed by atoms with Crippen LogP contribution in [-0.2, 0) is 9.47 Å². The Bertz CT molecular complexity index is 198. The quantitative estimate of drug-likeness (QED) is 0.677. The molecule has 0 aromatic carbocycles. The summed E-state index contributed by atoms with van der Waals surface area (Å²) in [5.74, 6) is 0. The highest BCUT2D eigenvalue weighted by Gasteiger charge is 2.31. The third-order valence-electron chi connectivity index (χ3n) is 4.20. The van der Waals surface area contributed by atoms with Crippen LogP contribution in [-0.4, -0.2) is 65.1 Å². The van der Waals surface area contributed by atoms with E-state index in [0.717, 1.165) is 39.4 Å². The lowest BCUT2D eigenvalue weighted by atomic mass is 9.76. The van der Waals surface area contributed by atoms with Gasteiger partial charge in [-0.05, 0) is 37.8 Å². The van der Waals surface area contributed by atoms with Crippen molar-refractivity contribution in [1.29, 1.82) is 0 Å². The molecular formula is C14H30N2O2. The van der Waals surface area contributed by atoms with Gasteiger partial charge in [0.1, 0.15) is 0 Å². The highest BCUT2D eigenvalue weighted by molar-refractivity contribution is 4.86. The van der Waals surface area contributed by atoms with Gasteiger partial charge >= 0.3 is 0 Å². The maximum absolute atomic E-state index is 5.21. The van der Waals surface area contributed by atoms with Gasteiger partial charge in [-0.15, -0.1) is 0 Å². The fourth-order valence-corrected chi connectivity index (χ4v) is 2.77. The molecule has 1 aliphatic rings. The van der Waals surface area contributed by atoms with Gasteiger partial charge in [0.2, 0.25) is 0 Å². The SMILES string of the molecule is CCC1(CN(CCOC)CCOC)CCNCC1. The summed E-state index contributed by atoms with van der Waals surface area (Å²) in [4.78, 5) is 2.50. The van der Waals surface area contributed by atoms with Crippen LogP contribution in [0.2, 0.25) is 0 Å². The minimum atomic E-state index is 0.493. The van der Waals surface area contributed by atoms with E-state index < -0.39 is 0 Å². The van der Waals surface area contributed by atoms with Crippen molar-refractivity contribution in [2.45, 2.75) is 26.2 Å². The Morgan fingerprint density at radius 1 is 1.06 bits per heavy atom. The second kappa shape index (κ2) is 8.86. The number of nitrogens with zero attached hydrogens (tertiary/aromatic N) is 1. The summed E-state index contributed by atoms with van der Waals surface area (Å²) in [6.45, 7) is 9.47. The molecule has 1 fully saturated rings. The van der Waals surface area contributed by atoms with Gasteiger partial charge in [0, 0.05) is 33.9 Å². The van der Waals surface area contributed by atoms with Crippen LogP contribution in [0, 0.1) is 5.41 Å². The Morgan fingerprint density at radius 2 is 1.61 bits per heavy atom. The molecule has 0 bridgehead atoms. The molecule has 1 saturated heterocycles. The van der Waals surface area contributed by atoms with Crippen molar-refractivity contribution in [2.75, 3.05) is 60.2 Å². The molecule has 0 aromatic heterocycles. The Hall–Kier alpha value is -0.160. The van der Waals surface area contributed by atoms with Gasteiger partial charge in [-0.25, -0.2) is 0 Å². The number of methoxy groups -OCH3 is 2. The second-order valence-corrected chi connectivity index (χ2v) is 5.37. The average Bonchev–Trinajstić information content (AvgIpc) is 2.43. The fraction of sp³-hybridized carbons (Fsp3) is 1.00. The Morgan fingerprint density at radius 3 is 2.06 bits per heavy atom. The number of piperidine rings is 1. The summed E-state index contributed by atoms with van der Waals surface area (Å²) in [6.07, 6.45) is 3.85. The summed E-state index contributed by atoms with van der Waals surface area (Å²) >= 11 is 0. The molecular weight excluding hydrogens is 228 g/mol. The maximum Gasteiger partial charge on any atom is 0.0589 e. The van der Waals surface area contributed by atoms with Gasteiger partial charge in [0.05, 0.1) is 13.2 Å². The van der Waals surface area contributed by atoms with Gasteiger partial charge in [-0.3, -0.25) is 4.90 Å². The van der Waals surface area contributed by atoms with Gasteiger partial charge < -0.3 is 14.8 Å². The van der Waals surface area contributed by atoms with Crippen LogP contribution in [0.1, 0.15) is 26.2 Å². The van der Waals surface area contributed by atoms with Crippen molar-refractivity contribution in [1.82, 2.24) is 10.2 Å². The monoisotopic (exact) mass is 258 g/mol. The molecule has 0 radical (unpaired) electrons. The number of rotatable bonds is 9. The van der Waals surface area contributed by atoms with E-state index in [-0.39, 0.29) is 0 Å². The van der Waals surface area contributed by atoms with Gasteiger partial charge in [-0.1, -0.05) is 6.92 Å². The molecule has 1 N–H and O–H groups in total. The van der Waals surface area contributed by atoms with E-state index in [2.05, 4.69) is 17.1 Å². The lowest BCUT2D eigenvalue weighted by molar-refractivity contribution is 0.0620. The molecule has 4 nitrogen and oxygen atoms in total. The fourth-order valence-electron chi connectivity index (χ4n) is 2.77. The third kappa shape index (κ3) is 5.22. The van der Waals surface area contributed by atoms with Crippen molar-refractivity contribution in [2.24, 2.45) is 5.41 Å². The third-order valence-corrected chi connectivity index (χ3v) is 4.20. The molecule has 0 unspecified atom stereocenters. The zero-order valence-corrected chi connectivity index (χ0v) is 12.3. The number of hydrogen-bond donors (Lipinski definition) is 1. The van der Waals surface area contributed by atoms with Gasteiger partial charge in [0.25, 0.3) is 0 Å². The minimum absolute atomic E-state index is 0.493. The zero-order chi connectivity index (χ0) is 13.3. The molecule has 0 aromatic rings. The van der Waals surface area contributed by atoms with Crippen LogP contribution in [0.25, 0.3) is 0 Å². The number of nitrogens with one attached hydrogen (secondary N) is 1. The molecule has 18 heavy (non-hydrogen) atoms. The first-order valence-corrected chi connectivity index (χ1v) is 7.17. The highest BCUT2D eigenvalue weighted by atomic mass is 16.5. The van der Waals surface area contributed by atoms with Crippen molar-refractivity contribution >= 4 is 0 Å². The van der Waals surface area contributed by atoms with Crippen LogP contribution < -0.4 is 5.32 Å². The Labute approximate surface area is 112 Å². The standard InChI is InChI=1S/C14H30N2O2/c1-4-14(5-7-15-8-6-14)13-16(9-11-17-2)10-12-18-3/h15H,4-13H2,1-3H3. The summed E-state index contributed by atoms with van der Waals surface area (Å²) in [7, 11) is 3.54. The average molecular weight is 258 g/mol. The van der Waals surface area contributed by atoms with Crippen molar-refractivity contribution in [3.63, 3.8) is 0 Å². The largest absolute Gasteiger partial charge is 0.383 e. The molecule has 1 rings (SSSR count). The predicted molar refractivity (Wildman–Crippen MR) is 75.0 cm³/mol. The van der Waals surface area contributed by atoms with Crippen LogP contribution >= 0.6 is 0 Å². The lowest BCUT2D eigenvalue weighted by Gasteiger charge is -2.41.